The average Bonchev–Trinajstić information content (AvgIpc) is 3.67. The summed E-state index contributed by atoms with van der Waals surface area (Å²) in [4.78, 5) is 97.3. The van der Waals surface area contributed by atoms with Crippen molar-refractivity contribution in [3.05, 3.63) is 153 Å². The molecule has 0 aromatic heterocycles. The van der Waals surface area contributed by atoms with Gasteiger partial charge in [0.15, 0.2) is 0 Å². The second-order valence-electron chi connectivity index (χ2n) is 20.1. The Morgan fingerprint density at radius 3 is 1.31 bits per heavy atom. The van der Waals surface area contributed by atoms with Gasteiger partial charge in [0.05, 0.1) is 82.2 Å². The van der Waals surface area contributed by atoms with E-state index in [1.165, 1.54) is 55.1 Å². The number of rotatable bonds is 16. The summed E-state index contributed by atoms with van der Waals surface area (Å²) >= 11 is 0. The highest BCUT2D eigenvalue weighted by Gasteiger charge is 2.47. The average molecular weight is 1150 g/mol. The maximum absolute atomic E-state index is 14.7. The van der Waals surface area contributed by atoms with Gasteiger partial charge in [-0.1, -0.05) is 36.4 Å². The van der Waals surface area contributed by atoms with E-state index in [0.29, 0.717) is 69.0 Å². The summed E-state index contributed by atoms with van der Waals surface area (Å²) < 4.78 is 94.7. The van der Waals surface area contributed by atoms with Crippen LogP contribution >= 0.6 is 0 Å². The number of ether oxygens (including phenoxy) is 2. The Balaban J connectivity index is 0.905. The topological polar surface area (TPSA) is 194 Å². The first kappa shape index (κ1) is 60.4. The third-order valence-corrected chi connectivity index (χ3v) is 15.1. The molecule has 4 aromatic rings. The maximum atomic E-state index is 14.7. The number of allylic oxidation sites excluding steroid dienone is 2. The van der Waals surface area contributed by atoms with Crippen LogP contribution in [0.25, 0.3) is 0 Å². The Bertz CT molecular complexity index is 3270. The van der Waals surface area contributed by atoms with Crippen LogP contribution < -0.4 is 9.80 Å². The molecule has 24 heteroatoms. The van der Waals surface area contributed by atoms with Gasteiger partial charge in [0.25, 0.3) is 0 Å². The molecule has 0 unspecified atom stereocenters. The molecule has 0 radical (unpaired) electrons. The molecule has 83 heavy (non-hydrogen) atoms. The molecule has 0 aliphatic carbocycles. The van der Waals surface area contributed by atoms with Gasteiger partial charge in [-0.05, 0) is 99.5 Å². The van der Waals surface area contributed by atoms with Crippen LogP contribution in [-0.2, 0) is 41.0 Å². The van der Waals surface area contributed by atoms with E-state index in [1.807, 2.05) is 12.1 Å². The lowest BCUT2D eigenvalue weighted by molar-refractivity contribution is -0.140. The summed E-state index contributed by atoms with van der Waals surface area (Å²) in [6.45, 7) is 9.45. The molecule has 18 nitrogen and oxygen atoms in total. The Kier molecular flexibility index (Phi) is 18.6. The minimum absolute atomic E-state index is 0.00193. The first-order chi connectivity index (χ1) is 39.6. The quantitative estimate of drug-likeness (QED) is 0.0768. The van der Waals surface area contributed by atoms with E-state index in [2.05, 4.69) is 9.80 Å². The number of amides is 6. The highest BCUT2D eigenvalue weighted by atomic mass is 19.4. The lowest BCUT2D eigenvalue weighted by atomic mass is 9.92. The summed E-state index contributed by atoms with van der Waals surface area (Å²) in [5.41, 5.74) is -1.11. The number of benzene rings is 4. The monoisotopic (exact) mass is 1150 g/mol. The number of halogens is 6. The molecule has 4 heterocycles. The number of hydrogen-bond acceptors (Lipinski definition) is 12. The fourth-order valence-electron chi connectivity index (χ4n) is 10.8. The van der Waals surface area contributed by atoms with E-state index >= 15 is 0 Å². The molecule has 4 aliphatic rings. The maximum Gasteiger partial charge on any atom is 0.416 e. The normalized spacial score (nSPS) is 18.6. The summed E-state index contributed by atoms with van der Waals surface area (Å²) in [6, 6.07) is 20.5. The molecule has 8 rings (SSSR count). The molecule has 4 aliphatic heterocycles. The van der Waals surface area contributed by atoms with Crippen molar-refractivity contribution < 1.29 is 64.6 Å². The minimum Gasteiger partial charge on any atom is -0.463 e. The fraction of sp³-hybridized carbons (Fsp3) is 0.390. The zero-order valence-corrected chi connectivity index (χ0v) is 46.0. The molecule has 6 amide bonds. The zero-order chi connectivity index (χ0) is 59.9. The van der Waals surface area contributed by atoms with Crippen molar-refractivity contribution in [1.82, 2.24) is 29.4 Å². The Morgan fingerprint density at radius 1 is 0.542 bits per heavy atom. The number of carbonyl (C=O) groups is 6. The highest BCUT2D eigenvalue weighted by Crippen LogP contribution is 2.44. The van der Waals surface area contributed by atoms with Gasteiger partial charge < -0.3 is 29.1 Å². The first-order valence-corrected chi connectivity index (χ1v) is 26.9. The molecule has 0 spiro atoms. The SMILES string of the molecule is CCOC(=O)C1=C(C)N(c2cccc(C(F)(F)F)c2)C(=O)N(CCC(=O)N2CCN(CCN3CCN(C(=O)CN4C(=O)N(c5cccc(C(F)(F)F)c5)C(C)=C(C(=O)OCC)[C@H]4c4ccc(C#N)cc4)CC3)CC2)[C@@H]1c1ccc(C#N)cc1. The first-order valence-electron chi connectivity index (χ1n) is 26.9. The number of nitrogens with zero attached hydrogens (tertiary/aromatic N) is 10. The number of hydrogen-bond donors (Lipinski definition) is 0. The van der Waals surface area contributed by atoms with E-state index in [1.54, 1.807) is 47.9 Å². The predicted molar refractivity (Wildman–Crippen MR) is 289 cm³/mol. The third-order valence-electron chi connectivity index (χ3n) is 15.1. The van der Waals surface area contributed by atoms with Crippen LogP contribution in [0, 0.1) is 22.7 Å². The Hall–Kier alpha value is -8.74. The standard InChI is InChI=1S/C59H60F6N10O8/c1-5-82-54(78)50-38(3)74(46-11-7-9-44(33-46)58(60,61)62)56(80)72(52(50)42-17-13-40(35-66)14-18-42)22-21-48(76)70-29-25-68(26-30-70)23-24-69-27-31-71(32-28-69)49(77)37-73-53(43-19-15-41(36-67)16-20-43)51(55(79)83-6-2)39(4)75(57(73)81)47-12-8-10-45(34-47)59(63,64)65/h7-20,33-34,52-53H,5-6,21-32,37H2,1-4H3/t52-,53-/m1/s1. The lowest BCUT2D eigenvalue weighted by Crippen LogP contribution is -2.57. The van der Waals surface area contributed by atoms with E-state index in [4.69, 9.17) is 9.47 Å². The smallest absolute Gasteiger partial charge is 0.416 e. The number of carbonyl (C=O) groups excluding carboxylic acids is 6. The molecule has 436 valence electrons. The van der Waals surface area contributed by atoms with Crippen LogP contribution in [0.1, 0.15) is 79.6 Å². The summed E-state index contributed by atoms with van der Waals surface area (Å²) in [5, 5.41) is 19.0. The molecule has 0 N–H and O–H groups in total. The van der Waals surface area contributed by atoms with E-state index in [9.17, 15) is 65.6 Å². The summed E-state index contributed by atoms with van der Waals surface area (Å²) in [6.07, 6.45) is -9.70. The Labute approximate surface area is 475 Å². The van der Waals surface area contributed by atoms with Gasteiger partial charge in [0.1, 0.15) is 6.54 Å². The molecule has 2 fully saturated rings. The van der Waals surface area contributed by atoms with Crippen molar-refractivity contribution in [3.8, 4) is 12.1 Å². The predicted octanol–water partition coefficient (Wildman–Crippen LogP) is 8.49. The van der Waals surface area contributed by atoms with Crippen molar-refractivity contribution in [2.75, 3.05) is 102 Å². The zero-order valence-electron chi connectivity index (χ0n) is 46.0. The number of esters is 2. The van der Waals surface area contributed by atoms with Gasteiger partial charge in [-0.25, -0.2) is 19.2 Å². The van der Waals surface area contributed by atoms with Gasteiger partial charge in [-0.3, -0.25) is 29.2 Å². The Morgan fingerprint density at radius 2 is 0.928 bits per heavy atom. The number of piperazine rings is 2. The van der Waals surface area contributed by atoms with E-state index < -0.39 is 72.0 Å². The molecular formula is C59H60F6N10O8. The van der Waals surface area contributed by atoms with Crippen molar-refractivity contribution in [2.45, 2.75) is 58.6 Å². The molecular weight excluding hydrogens is 1090 g/mol. The van der Waals surface area contributed by atoms with E-state index in [0.717, 1.165) is 51.1 Å². The second kappa shape index (κ2) is 25.6. The fourth-order valence-corrected chi connectivity index (χ4v) is 10.8. The van der Waals surface area contributed by atoms with Crippen LogP contribution in [0.5, 0.6) is 0 Å². The summed E-state index contributed by atoms with van der Waals surface area (Å²) in [5.74, 6) is -2.44. The van der Waals surface area contributed by atoms with Crippen molar-refractivity contribution >= 4 is 47.2 Å². The van der Waals surface area contributed by atoms with Gasteiger partial charge in [-0.2, -0.15) is 36.9 Å². The van der Waals surface area contributed by atoms with Crippen LogP contribution in [0.2, 0.25) is 0 Å². The molecule has 2 saturated heterocycles. The van der Waals surface area contributed by atoms with Crippen LogP contribution in [0.3, 0.4) is 0 Å². The van der Waals surface area contributed by atoms with Gasteiger partial charge in [0, 0.05) is 89.8 Å². The summed E-state index contributed by atoms with van der Waals surface area (Å²) in [7, 11) is 0. The third kappa shape index (κ3) is 13.3. The van der Waals surface area contributed by atoms with Crippen LogP contribution in [0.15, 0.2) is 120 Å². The number of urea groups is 2. The van der Waals surface area contributed by atoms with Crippen molar-refractivity contribution in [2.24, 2.45) is 0 Å². The van der Waals surface area contributed by atoms with Crippen molar-refractivity contribution in [1.29, 1.82) is 10.5 Å². The largest absolute Gasteiger partial charge is 0.463 e. The number of anilines is 2. The van der Waals surface area contributed by atoms with Crippen LogP contribution in [0.4, 0.5) is 47.3 Å². The molecule has 2 atom stereocenters. The van der Waals surface area contributed by atoms with Crippen LogP contribution in [-0.4, -0.2) is 157 Å². The highest BCUT2D eigenvalue weighted by molar-refractivity contribution is 6.05. The minimum atomic E-state index is -4.76. The molecule has 0 saturated carbocycles. The number of nitriles is 2. The molecule has 0 bridgehead atoms. The second-order valence-corrected chi connectivity index (χ2v) is 20.1. The van der Waals surface area contributed by atoms with Gasteiger partial charge in [-0.15, -0.1) is 0 Å². The number of alkyl halides is 6. The molecule has 4 aromatic carbocycles. The van der Waals surface area contributed by atoms with Gasteiger partial charge in [0.2, 0.25) is 11.8 Å². The lowest BCUT2D eigenvalue weighted by Gasteiger charge is -2.44. The van der Waals surface area contributed by atoms with E-state index in [-0.39, 0.29) is 84.7 Å². The van der Waals surface area contributed by atoms with Gasteiger partial charge >= 0.3 is 36.4 Å². The van der Waals surface area contributed by atoms with Crippen molar-refractivity contribution in [3.63, 3.8) is 0 Å².